The fourth-order valence-electron chi connectivity index (χ4n) is 3.46. The first-order valence-corrected chi connectivity index (χ1v) is 11.2. The van der Waals surface area contributed by atoms with E-state index in [0.29, 0.717) is 37.1 Å². The molecule has 0 bridgehead atoms. The van der Waals surface area contributed by atoms with Crippen LogP contribution in [0.5, 0.6) is 5.75 Å². The lowest BCUT2D eigenvalue weighted by Crippen LogP contribution is -2.42. The number of hydrogen-bond acceptors (Lipinski definition) is 6. The molecule has 1 unspecified atom stereocenters. The number of nitrogens with zero attached hydrogens (tertiary/aromatic N) is 3. The highest BCUT2D eigenvalue weighted by molar-refractivity contribution is 7.89. The molecule has 0 N–H and O–H groups in total. The Kier molecular flexibility index (Phi) is 5.45. The number of benzene rings is 1. The van der Waals surface area contributed by atoms with Crippen LogP contribution in [0.4, 0.5) is 0 Å². The maximum atomic E-state index is 12.7. The van der Waals surface area contributed by atoms with Crippen molar-refractivity contribution in [3.05, 3.63) is 42.0 Å². The molecule has 0 amide bonds. The first kappa shape index (κ1) is 18.4. The van der Waals surface area contributed by atoms with E-state index in [1.165, 1.54) is 0 Å². The molecule has 2 aliphatic rings. The summed E-state index contributed by atoms with van der Waals surface area (Å²) in [6.07, 6.45) is 4.76. The molecule has 1 saturated carbocycles. The zero-order chi connectivity index (χ0) is 18.7. The van der Waals surface area contributed by atoms with E-state index in [-0.39, 0.29) is 18.3 Å². The molecule has 1 aliphatic carbocycles. The minimum Gasteiger partial charge on any atom is -0.492 e. The molecule has 2 heterocycles. The molecule has 1 atom stereocenters. The molecule has 1 saturated heterocycles. The van der Waals surface area contributed by atoms with E-state index in [4.69, 9.17) is 9.26 Å². The van der Waals surface area contributed by atoms with Gasteiger partial charge in [-0.3, -0.25) is 0 Å². The zero-order valence-corrected chi connectivity index (χ0v) is 16.1. The third-order valence-corrected chi connectivity index (χ3v) is 6.92. The molecule has 7 nitrogen and oxygen atoms in total. The summed E-state index contributed by atoms with van der Waals surface area (Å²) >= 11 is 0. The summed E-state index contributed by atoms with van der Waals surface area (Å²) in [5.74, 6) is 2.80. The number of piperidine rings is 1. The van der Waals surface area contributed by atoms with Crippen molar-refractivity contribution in [2.24, 2.45) is 5.92 Å². The first-order valence-electron chi connectivity index (χ1n) is 9.58. The second kappa shape index (κ2) is 7.98. The molecule has 1 aromatic heterocycles. The second-order valence-corrected chi connectivity index (χ2v) is 9.46. The summed E-state index contributed by atoms with van der Waals surface area (Å²) < 4.78 is 37.8. The topological polar surface area (TPSA) is 85.5 Å². The summed E-state index contributed by atoms with van der Waals surface area (Å²) in [6, 6.07) is 9.28. The number of sulfonamides is 1. The molecule has 2 fully saturated rings. The summed E-state index contributed by atoms with van der Waals surface area (Å²) in [4.78, 5) is 4.47. The fraction of sp³-hybridized carbons (Fsp3) is 0.579. The van der Waals surface area contributed by atoms with Crippen molar-refractivity contribution in [2.45, 2.75) is 38.0 Å². The Morgan fingerprint density at radius 2 is 2.00 bits per heavy atom. The summed E-state index contributed by atoms with van der Waals surface area (Å²) in [5.41, 5.74) is 0. The normalized spacial score (nSPS) is 21.3. The fourth-order valence-corrected chi connectivity index (χ4v) is 4.86. The predicted octanol–water partition coefficient (Wildman–Crippen LogP) is 2.61. The highest BCUT2D eigenvalue weighted by atomic mass is 32.2. The Hall–Kier alpha value is -1.93. The van der Waals surface area contributed by atoms with Crippen molar-refractivity contribution in [1.82, 2.24) is 14.4 Å². The van der Waals surface area contributed by atoms with Gasteiger partial charge in [0.25, 0.3) is 0 Å². The van der Waals surface area contributed by atoms with Crippen molar-refractivity contribution in [3.63, 3.8) is 0 Å². The molecule has 1 aromatic carbocycles. The Morgan fingerprint density at radius 1 is 1.19 bits per heavy atom. The lowest BCUT2D eigenvalue weighted by molar-refractivity contribution is 0.244. The maximum absolute atomic E-state index is 12.7. The Labute approximate surface area is 159 Å². The molecular formula is C19H25N3O4S. The monoisotopic (exact) mass is 391 g/mol. The van der Waals surface area contributed by atoms with E-state index in [9.17, 15) is 8.42 Å². The van der Waals surface area contributed by atoms with E-state index in [0.717, 1.165) is 31.5 Å². The van der Waals surface area contributed by atoms with E-state index in [1.807, 2.05) is 30.3 Å². The van der Waals surface area contributed by atoms with Gasteiger partial charge in [-0.2, -0.15) is 4.98 Å². The van der Waals surface area contributed by atoms with Gasteiger partial charge in [-0.25, -0.2) is 12.7 Å². The van der Waals surface area contributed by atoms with E-state index < -0.39 is 10.0 Å². The number of rotatable bonds is 8. The predicted molar refractivity (Wildman–Crippen MR) is 100.0 cm³/mol. The van der Waals surface area contributed by atoms with Gasteiger partial charge in [0, 0.05) is 25.4 Å². The Bertz CT molecular complexity index is 849. The number of para-hydroxylation sites is 1. The van der Waals surface area contributed by atoms with Crippen LogP contribution in [0, 0.1) is 5.92 Å². The average molecular weight is 391 g/mol. The van der Waals surface area contributed by atoms with Gasteiger partial charge < -0.3 is 9.26 Å². The first-order chi connectivity index (χ1) is 13.1. The van der Waals surface area contributed by atoms with E-state index >= 15 is 0 Å². The van der Waals surface area contributed by atoms with Gasteiger partial charge in [-0.05, 0) is 43.7 Å². The van der Waals surface area contributed by atoms with Gasteiger partial charge >= 0.3 is 0 Å². The second-order valence-electron chi connectivity index (χ2n) is 7.37. The van der Waals surface area contributed by atoms with Crippen LogP contribution in [-0.4, -0.2) is 48.3 Å². The molecule has 2 aromatic rings. The number of hydrogen-bond donors (Lipinski definition) is 0. The van der Waals surface area contributed by atoms with Crippen LogP contribution in [0.2, 0.25) is 0 Å². The minimum atomic E-state index is -3.34. The Balaban J connectivity index is 1.29. The van der Waals surface area contributed by atoms with Crippen molar-refractivity contribution in [2.75, 3.05) is 25.4 Å². The highest BCUT2D eigenvalue weighted by Gasteiger charge is 2.32. The van der Waals surface area contributed by atoms with Crippen molar-refractivity contribution in [3.8, 4) is 5.75 Å². The molecule has 27 heavy (non-hydrogen) atoms. The van der Waals surface area contributed by atoms with Gasteiger partial charge in [0.05, 0.1) is 5.75 Å². The van der Waals surface area contributed by atoms with Gasteiger partial charge in [0.1, 0.15) is 12.4 Å². The van der Waals surface area contributed by atoms with Crippen LogP contribution in [0.25, 0.3) is 0 Å². The van der Waals surface area contributed by atoms with Crippen LogP contribution in [0.1, 0.15) is 43.3 Å². The van der Waals surface area contributed by atoms with Crippen molar-refractivity contribution < 1.29 is 17.7 Å². The van der Waals surface area contributed by atoms with Gasteiger partial charge in [-0.1, -0.05) is 23.4 Å². The van der Waals surface area contributed by atoms with Crippen molar-refractivity contribution >= 4 is 10.0 Å². The third-order valence-electron chi connectivity index (χ3n) is 5.12. The zero-order valence-electron chi connectivity index (χ0n) is 15.3. The largest absolute Gasteiger partial charge is 0.492 e. The lowest BCUT2D eigenvalue weighted by Gasteiger charge is -2.31. The SMILES string of the molecule is O=S(=O)(CCOc1ccccc1)N1CCCC(Cc2nc(C3CC3)no2)C1. The quantitative estimate of drug-likeness (QED) is 0.688. The summed E-state index contributed by atoms with van der Waals surface area (Å²) in [6.45, 7) is 1.23. The smallest absolute Gasteiger partial charge is 0.226 e. The van der Waals surface area contributed by atoms with Crippen LogP contribution in [0.3, 0.4) is 0 Å². The van der Waals surface area contributed by atoms with Crippen LogP contribution < -0.4 is 4.74 Å². The molecule has 0 radical (unpaired) electrons. The Morgan fingerprint density at radius 3 is 2.78 bits per heavy atom. The lowest BCUT2D eigenvalue weighted by atomic mass is 9.96. The van der Waals surface area contributed by atoms with Crippen LogP contribution in [-0.2, 0) is 16.4 Å². The molecule has 146 valence electrons. The van der Waals surface area contributed by atoms with Crippen LogP contribution in [0.15, 0.2) is 34.9 Å². The molecular weight excluding hydrogens is 366 g/mol. The van der Waals surface area contributed by atoms with Gasteiger partial charge in [0.15, 0.2) is 5.82 Å². The maximum Gasteiger partial charge on any atom is 0.226 e. The molecule has 4 rings (SSSR count). The molecule has 0 spiro atoms. The van der Waals surface area contributed by atoms with Gasteiger partial charge in [0.2, 0.25) is 15.9 Å². The summed E-state index contributed by atoms with van der Waals surface area (Å²) in [7, 11) is -3.34. The molecule has 1 aliphatic heterocycles. The van der Waals surface area contributed by atoms with Crippen molar-refractivity contribution in [1.29, 1.82) is 0 Å². The third kappa shape index (κ3) is 4.87. The summed E-state index contributed by atoms with van der Waals surface area (Å²) in [5, 5.41) is 4.05. The van der Waals surface area contributed by atoms with Gasteiger partial charge in [-0.15, -0.1) is 0 Å². The standard InChI is InChI=1S/C19H25N3O4S/c23-27(24,12-11-25-17-6-2-1-3-7-17)22-10-4-5-15(14-22)13-18-20-19(21-26-18)16-8-9-16/h1-3,6-7,15-16H,4-5,8-14H2. The molecule has 8 heteroatoms. The van der Waals surface area contributed by atoms with Crippen LogP contribution >= 0.6 is 0 Å². The minimum absolute atomic E-state index is 0.0129. The number of ether oxygens (including phenoxy) is 1. The number of aromatic nitrogens is 2. The highest BCUT2D eigenvalue weighted by Crippen LogP contribution is 2.38. The van der Waals surface area contributed by atoms with E-state index in [1.54, 1.807) is 4.31 Å². The van der Waals surface area contributed by atoms with E-state index in [2.05, 4.69) is 10.1 Å². The average Bonchev–Trinajstić information content (AvgIpc) is 3.42.